The molecule has 0 saturated carbocycles. The van der Waals surface area contributed by atoms with Crippen LogP contribution in [0, 0.1) is 5.82 Å². The molecule has 0 radical (unpaired) electrons. The minimum Gasteiger partial charge on any atom is -0.353 e. The van der Waals surface area contributed by atoms with Gasteiger partial charge in [0.15, 0.2) is 5.96 Å². The van der Waals surface area contributed by atoms with E-state index in [9.17, 15) is 9.18 Å². The molecule has 0 aliphatic carbocycles. The minimum atomic E-state index is -0.276. The van der Waals surface area contributed by atoms with Crippen LogP contribution in [0.3, 0.4) is 0 Å². The first-order valence-corrected chi connectivity index (χ1v) is 6.60. The second-order valence-corrected chi connectivity index (χ2v) is 4.60. The van der Waals surface area contributed by atoms with Crippen molar-refractivity contribution in [2.45, 2.75) is 6.54 Å². The lowest BCUT2D eigenvalue weighted by atomic mass is 10.2. The summed E-state index contributed by atoms with van der Waals surface area (Å²) in [6.45, 7) is 4.70. The average Bonchev–Trinajstić information content (AvgIpc) is 2.47. The van der Waals surface area contributed by atoms with Gasteiger partial charge in [0.2, 0.25) is 5.91 Å². The van der Waals surface area contributed by atoms with Gasteiger partial charge in [0.1, 0.15) is 5.82 Å². The zero-order valence-corrected chi connectivity index (χ0v) is 15.1. The normalized spacial score (nSPS) is 10.4. The van der Waals surface area contributed by atoms with Gasteiger partial charge < -0.3 is 15.5 Å². The predicted molar refractivity (Wildman–Crippen MR) is 97.9 cm³/mol. The predicted octanol–water partition coefficient (Wildman–Crippen LogP) is 1.75. The number of benzene rings is 1. The van der Waals surface area contributed by atoms with Crippen LogP contribution < -0.4 is 10.6 Å². The van der Waals surface area contributed by atoms with E-state index in [1.54, 1.807) is 32.3 Å². The maximum Gasteiger partial charge on any atom is 0.241 e. The van der Waals surface area contributed by atoms with Crippen molar-refractivity contribution in [2.24, 2.45) is 4.99 Å². The van der Waals surface area contributed by atoms with Gasteiger partial charge in [0, 0.05) is 20.6 Å². The Morgan fingerprint density at radius 2 is 1.95 bits per heavy atom. The molecule has 122 valence electrons. The van der Waals surface area contributed by atoms with Crippen LogP contribution in [-0.2, 0) is 11.3 Å². The number of likely N-dealkylation sites (N-methyl/N-ethyl adjacent to an activating group) is 1. The third-order valence-corrected chi connectivity index (χ3v) is 2.65. The number of halogens is 2. The Morgan fingerprint density at radius 1 is 1.32 bits per heavy atom. The number of rotatable bonds is 6. The maximum atomic E-state index is 12.8. The number of nitrogens with zero attached hydrogens (tertiary/aromatic N) is 2. The van der Waals surface area contributed by atoms with Crippen molar-refractivity contribution in [1.82, 2.24) is 15.5 Å². The molecule has 0 bridgehead atoms. The van der Waals surface area contributed by atoms with Crippen LogP contribution in [-0.4, -0.2) is 44.0 Å². The smallest absolute Gasteiger partial charge is 0.241 e. The van der Waals surface area contributed by atoms with Crippen molar-refractivity contribution in [3.8, 4) is 0 Å². The van der Waals surface area contributed by atoms with Crippen molar-refractivity contribution >= 4 is 35.8 Å². The number of guanidine groups is 1. The summed E-state index contributed by atoms with van der Waals surface area (Å²) in [7, 11) is 3.38. The summed E-state index contributed by atoms with van der Waals surface area (Å²) >= 11 is 0. The van der Waals surface area contributed by atoms with Gasteiger partial charge in [-0.2, -0.15) is 0 Å². The van der Waals surface area contributed by atoms with Crippen LogP contribution in [0.1, 0.15) is 5.56 Å². The highest BCUT2D eigenvalue weighted by Crippen LogP contribution is 2.03. The van der Waals surface area contributed by atoms with Crippen LogP contribution >= 0.6 is 24.0 Å². The first kappa shape index (κ1) is 20.4. The quantitative estimate of drug-likeness (QED) is 0.319. The van der Waals surface area contributed by atoms with Gasteiger partial charge in [-0.05, 0) is 17.7 Å². The lowest BCUT2D eigenvalue weighted by Crippen LogP contribution is -2.43. The molecular formula is C15H22FIN4O. The molecule has 5 nitrogen and oxygen atoms in total. The summed E-state index contributed by atoms with van der Waals surface area (Å²) in [5.74, 6) is 0.182. The summed E-state index contributed by atoms with van der Waals surface area (Å²) in [4.78, 5) is 17.4. The molecule has 22 heavy (non-hydrogen) atoms. The number of hydrogen-bond acceptors (Lipinski definition) is 2. The minimum absolute atomic E-state index is 0. The van der Waals surface area contributed by atoms with Gasteiger partial charge in [-0.3, -0.25) is 4.79 Å². The van der Waals surface area contributed by atoms with Gasteiger partial charge in [0.25, 0.3) is 0 Å². The van der Waals surface area contributed by atoms with Crippen molar-refractivity contribution in [3.05, 3.63) is 48.3 Å². The fourth-order valence-electron chi connectivity index (χ4n) is 1.42. The molecule has 1 aromatic rings. The van der Waals surface area contributed by atoms with Crippen LogP contribution in [0.5, 0.6) is 0 Å². The van der Waals surface area contributed by atoms with Gasteiger partial charge in [0.05, 0.1) is 13.1 Å². The fraction of sp³-hybridized carbons (Fsp3) is 0.333. The first-order valence-electron chi connectivity index (χ1n) is 6.60. The Balaban J connectivity index is 0.00000441. The molecule has 1 aromatic carbocycles. The molecule has 0 spiro atoms. The Hall–Kier alpha value is -1.64. The van der Waals surface area contributed by atoms with Crippen LogP contribution in [0.25, 0.3) is 0 Å². The van der Waals surface area contributed by atoms with E-state index in [2.05, 4.69) is 22.2 Å². The van der Waals surface area contributed by atoms with E-state index in [0.29, 0.717) is 19.0 Å². The van der Waals surface area contributed by atoms with E-state index in [4.69, 9.17) is 0 Å². The number of nitrogens with one attached hydrogen (secondary N) is 2. The molecule has 0 aliphatic heterocycles. The molecule has 1 rings (SSSR count). The second kappa shape index (κ2) is 11.0. The maximum absolute atomic E-state index is 12.8. The summed E-state index contributed by atoms with van der Waals surface area (Å²) in [6.07, 6.45) is 1.70. The molecule has 0 aromatic heterocycles. The van der Waals surface area contributed by atoms with E-state index < -0.39 is 0 Å². The van der Waals surface area contributed by atoms with Gasteiger partial charge in [-0.25, -0.2) is 9.38 Å². The van der Waals surface area contributed by atoms with E-state index in [0.717, 1.165) is 5.56 Å². The molecule has 2 N–H and O–H groups in total. The SMILES string of the molecule is C=CCNC(=NCc1ccc(F)cc1)NCC(=O)N(C)C.I. The van der Waals surface area contributed by atoms with Gasteiger partial charge in [-0.15, -0.1) is 30.6 Å². The molecule has 0 unspecified atom stereocenters. The van der Waals surface area contributed by atoms with Crippen LogP contribution in [0.4, 0.5) is 4.39 Å². The lowest BCUT2D eigenvalue weighted by molar-refractivity contribution is -0.127. The molecule has 0 heterocycles. The molecule has 0 atom stereocenters. The van der Waals surface area contributed by atoms with Crippen molar-refractivity contribution in [1.29, 1.82) is 0 Å². The first-order chi connectivity index (χ1) is 10.0. The topological polar surface area (TPSA) is 56.7 Å². The molecular weight excluding hydrogens is 398 g/mol. The third kappa shape index (κ3) is 7.96. The largest absolute Gasteiger partial charge is 0.353 e. The molecule has 0 saturated heterocycles. The highest BCUT2D eigenvalue weighted by molar-refractivity contribution is 14.0. The second-order valence-electron chi connectivity index (χ2n) is 4.60. The standard InChI is InChI=1S/C15H21FN4O.HI/c1-4-9-17-15(19-11-14(21)20(2)3)18-10-12-5-7-13(16)8-6-12;/h4-8H,1,9-11H2,2-3H3,(H2,17,18,19);1H. The Morgan fingerprint density at radius 3 is 2.50 bits per heavy atom. The fourth-order valence-corrected chi connectivity index (χ4v) is 1.42. The number of amides is 1. The number of aliphatic imine (C=N–C) groups is 1. The Labute approximate surface area is 147 Å². The average molecular weight is 420 g/mol. The van der Waals surface area contributed by atoms with Crippen LogP contribution in [0.15, 0.2) is 41.9 Å². The third-order valence-electron chi connectivity index (χ3n) is 2.65. The summed E-state index contributed by atoms with van der Waals surface area (Å²) in [6, 6.07) is 6.14. The zero-order chi connectivity index (χ0) is 15.7. The Bertz CT molecular complexity index is 503. The van der Waals surface area contributed by atoms with E-state index in [1.807, 2.05) is 0 Å². The highest BCUT2D eigenvalue weighted by Gasteiger charge is 2.05. The number of carbonyl (C=O) groups excluding carboxylic acids is 1. The van der Waals surface area contributed by atoms with Crippen molar-refractivity contribution in [2.75, 3.05) is 27.2 Å². The lowest BCUT2D eigenvalue weighted by Gasteiger charge is -2.14. The van der Waals surface area contributed by atoms with Crippen LogP contribution in [0.2, 0.25) is 0 Å². The van der Waals surface area contributed by atoms with Crippen molar-refractivity contribution in [3.63, 3.8) is 0 Å². The summed E-state index contributed by atoms with van der Waals surface area (Å²) in [5.41, 5.74) is 0.884. The number of carbonyl (C=O) groups is 1. The summed E-state index contributed by atoms with van der Waals surface area (Å²) < 4.78 is 12.8. The highest BCUT2D eigenvalue weighted by atomic mass is 127. The summed E-state index contributed by atoms with van der Waals surface area (Å²) in [5, 5.41) is 5.96. The zero-order valence-electron chi connectivity index (χ0n) is 12.8. The number of hydrogen-bond donors (Lipinski definition) is 2. The van der Waals surface area contributed by atoms with Crippen molar-refractivity contribution < 1.29 is 9.18 Å². The van der Waals surface area contributed by atoms with Gasteiger partial charge in [-0.1, -0.05) is 18.2 Å². The molecule has 1 amide bonds. The monoisotopic (exact) mass is 420 g/mol. The van der Waals surface area contributed by atoms with E-state index in [1.165, 1.54) is 17.0 Å². The van der Waals surface area contributed by atoms with Gasteiger partial charge >= 0.3 is 0 Å². The molecule has 0 fully saturated rings. The Kier molecular flexibility index (Phi) is 10.2. The van der Waals surface area contributed by atoms with E-state index >= 15 is 0 Å². The molecule has 0 aliphatic rings. The van der Waals surface area contributed by atoms with E-state index in [-0.39, 0.29) is 42.2 Å². The molecule has 7 heteroatoms.